The first-order chi connectivity index (χ1) is 13.0. The molecule has 3 rings (SSSR count). The molecule has 5 nitrogen and oxygen atoms in total. The topological polar surface area (TPSA) is 58.6 Å². The van der Waals surface area contributed by atoms with Crippen LogP contribution in [0.3, 0.4) is 0 Å². The second-order valence-corrected chi connectivity index (χ2v) is 7.04. The van der Waals surface area contributed by atoms with Crippen molar-refractivity contribution in [1.82, 2.24) is 0 Å². The van der Waals surface area contributed by atoms with Crippen LogP contribution in [-0.4, -0.2) is 25.0 Å². The average Bonchev–Trinajstić information content (AvgIpc) is 2.66. The predicted molar refractivity (Wildman–Crippen MR) is 107 cm³/mol. The number of anilines is 2. The van der Waals surface area contributed by atoms with Crippen molar-refractivity contribution in [2.24, 2.45) is 0 Å². The fraction of sp³-hybridized carbons (Fsp3) is 0.364. The monoisotopic (exact) mass is 366 g/mol. The summed E-state index contributed by atoms with van der Waals surface area (Å²) in [6.45, 7) is 6.85. The van der Waals surface area contributed by atoms with Crippen molar-refractivity contribution in [3.63, 3.8) is 0 Å². The second kappa shape index (κ2) is 8.25. The van der Waals surface area contributed by atoms with Gasteiger partial charge in [0.25, 0.3) is 5.91 Å². The maximum absolute atomic E-state index is 12.2. The molecule has 5 heteroatoms. The Kier molecular flexibility index (Phi) is 5.79. The second-order valence-electron chi connectivity index (χ2n) is 7.04. The van der Waals surface area contributed by atoms with Gasteiger partial charge in [0.15, 0.2) is 6.61 Å². The number of ether oxygens (including phenoxy) is 1. The van der Waals surface area contributed by atoms with E-state index in [0.29, 0.717) is 31.1 Å². The average molecular weight is 366 g/mol. The third kappa shape index (κ3) is 4.48. The highest BCUT2D eigenvalue weighted by Crippen LogP contribution is 2.30. The molecule has 0 atom stereocenters. The van der Waals surface area contributed by atoms with Gasteiger partial charge >= 0.3 is 0 Å². The van der Waals surface area contributed by atoms with Gasteiger partial charge in [-0.25, -0.2) is 0 Å². The zero-order chi connectivity index (χ0) is 19.4. The van der Waals surface area contributed by atoms with Crippen LogP contribution in [0.5, 0.6) is 5.75 Å². The summed E-state index contributed by atoms with van der Waals surface area (Å²) in [6, 6.07) is 13.5. The van der Waals surface area contributed by atoms with Gasteiger partial charge in [0.1, 0.15) is 5.75 Å². The standard InChI is InChI=1S/C22H26N2O3/c1-4-24-20-11-8-18(13-17(20)7-12-22(24)26)23-21(25)14-27-19-9-5-16(6-10-19)15(2)3/h5-6,8-11,13,15H,4,7,12,14H2,1-3H3,(H,23,25). The van der Waals surface area contributed by atoms with Crippen molar-refractivity contribution < 1.29 is 14.3 Å². The molecule has 1 aliphatic rings. The Morgan fingerprint density at radius 2 is 1.89 bits per heavy atom. The zero-order valence-electron chi connectivity index (χ0n) is 16.1. The van der Waals surface area contributed by atoms with Crippen LogP contribution >= 0.6 is 0 Å². The third-order valence-corrected chi connectivity index (χ3v) is 4.80. The Hall–Kier alpha value is -2.82. The largest absolute Gasteiger partial charge is 0.484 e. The first-order valence-electron chi connectivity index (χ1n) is 9.44. The molecule has 142 valence electrons. The molecule has 0 aliphatic carbocycles. The Morgan fingerprint density at radius 3 is 2.56 bits per heavy atom. The molecule has 0 aromatic heterocycles. The summed E-state index contributed by atoms with van der Waals surface area (Å²) >= 11 is 0. The van der Waals surface area contributed by atoms with E-state index in [-0.39, 0.29) is 18.4 Å². The van der Waals surface area contributed by atoms with Crippen LogP contribution in [0.15, 0.2) is 42.5 Å². The summed E-state index contributed by atoms with van der Waals surface area (Å²) < 4.78 is 5.57. The van der Waals surface area contributed by atoms with Crippen LogP contribution in [0.2, 0.25) is 0 Å². The van der Waals surface area contributed by atoms with Gasteiger partial charge in [0, 0.05) is 24.3 Å². The van der Waals surface area contributed by atoms with Crippen LogP contribution in [0, 0.1) is 0 Å². The number of aryl methyl sites for hydroxylation is 1. The van der Waals surface area contributed by atoms with Gasteiger partial charge in [-0.2, -0.15) is 0 Å². The van der Waals surface area contributed by atoms with E-state index in [0.717, 1.165) is 16.9 Å². The molecular formula is C22H26N2O3. The molecule has 0 spiro atoms. The minimum atomic E-state index is -0.206. The highest BCUT2D eigenvalue weighted by atomic mass is 16.5. The highest BCUT2D eigenvalue weighted by molar-refractivity contribution is 5.97. The lowest BCUT2D eigenvalue weighted by Crippen LogP contribution is -2.34. The number of fused-ring (bicyclic) bond motifs is 1. The maximum Gasteiger partial charge on any atom is 0.262 e. The van der Waals surface area contributed by atoms with E-state index in [4.69, 9.17) is 4.74 Å². The van der Waals surface area contributed by atoms with Crippen LogP contribution in [0.4, 0.5) is 11.4 Å². The van der Waals surface area contributed by atoms with Crippen LogP contribution < -0.4 is 15.0 Å². The molecule has 2 aromatic carbocycles. The van der Waals surface area contributed by atoms with Crippen molar-refractivity contribution in [3.05, 3.63) is 53.6 Å². The van der Waals surface area contributed by atoms with Gasteiger partial charge < -0.3 is 15.0 Å². The van der Waals surface area contributed by atoms with Gasteiger partial charge in [0.05, 0.1) is 0 Å². The van der Waals surface area contributed by atoms with Crippen LogP contribution in [0.25, 0.3) is 0 Å². The molecule has 0 bridgehead atoms. The molecule has 27 heavy (non-hydrogen) atoms. The SMILES string of the molecule is CCN1C(=O)CCc2cc(NC(=O)COc3ccc(C(C)C)cc3)ccc21. The minimum Gasteiger partial charge on any atom is -0.484 e. The molecule has 0 saturated carbocycles. The molecule has 0 saturated heterocycles. The quantitative estimate of drug-likeness (QED) is 0.836. The van der Waals surface area contributed by atoms with Gasteiger partial charge in [-0.3, -0.25) is 9.59 Å². The normalized spacial score (nSPS) is 13.5. The molecule has 0 unspecified atom stereocenters. The maximum atomic E-state index is 12.2. The lowest BCUT2D eigenvalue weighted by molar-refractivity contribution is -0.119. The minimum absolute atomic E-state index is 0.0440. The fourth-order valence-corrected chi connectivity index (χ4v) is 3.28. The number of hydrogen-bond acceptors (Lipinski definition) is 3. The first-order valence-corrected chi connectivity index (χ1v) is 9.44. The molecule has 1 heterocycles. The fourth-order valence-electron chi connectivity index (χ4n) is 3.28. The van der Waals surface area contributed by atoms with Gasteiger partial charge in [-0.1, -0.05) is 26.0 Å². The van der Waals surface area contributed by atoms with Crippen molar-refractivity contribution >= 4 is 23.2 Å². The molecule has 0 fully saturated rings. The Labute approximate surface area is 160 Å². The third-order valence-electron chi connectivity index (χ3n) is 4.80. The number of rotatable bonds is 6. The molecule has 0 radical (unpaired) electrons. The van der Waals surface area contributed by atoms with E-state index in [1.165, 1.54) is 5.56 Å². The molecule has 2 amide bonds. The summed E-state index contributed by atoms with van der Waals surface area (Å²) in [7, 11) is 0. The summed E-state index contributed by atoms with van der Waals surface area (Å²) in [5, 5.41) is 2.87. The van der Waals surface area contributed by atoms with Crippen LogP contribution in [0.1, 0.15) is 44.2 Å². The number of nitrogens with one attached hydrogen (secondary N) is 1. The predicted octanol–water partition coefficient (Wildman–Crippen LogP) is 4.13. The first kappa shape index (κ1) is 19.0. The summed E-state index contributed by atoms with van der Waals surface area (Å²) in [5.41, 5.74) is 3.98. The van der Waals surface area contributed by atoms with E-state index in [2.05, 4.69) is 19.2 Å². The molecule has 2 aromatic rings. The lowest BCUT2D eigenvalue weighted by Gasteiger charge is -2.28. The molecule has 1 aliphatic heterocycles. The van der Waals surface area contributed by atoms with E-state index in [1.807, 2.05) is 49.4 Å². The zero-order valence-corrected chi connectivity index (χ0v) is 16.1. The number of carbonyl (C=O) groups excluding carboxylic acids is 2. The highest BCUT2D eigenvalue weighted by Gasteiger charge is 2.22. The smallest absolute Gasteiger partial charge is 0.262 e. The van der Waals surface area contributed by atoms with Crippen LogP contribution in [-0.2, 0) is 16.0 Å². The van der Waals surface area contributed by atoms with E-state index in [9.17, 15) is 9.59 Å². The number of nitrogens with zero attached hydrogens (tertiary/aromatic N) is 1. The summed E-state index contributed by atoms with van der Waals surface area (Å²) in [4.78, 5) is 26.0. The van der Waals surface area contributed by atoms with Crippen molar-refractivity contribution in [3.8, 4) is 5.75 Å². The summed E-state index contributed by atoms with van der Waals surface area (Å²) in [6.07, 6.45) is 1.21. The Morgan fingerprint density at radius 1 is 1.15 bits per heavy atom. The van der Waals surface area contributed by atoms with E-state index < -0.39 is 0 Å². The molecule has 1 N–H and O–H groups in total. The number of amides is 2. The van der Waals surface area contributed by atoms with Gasteiger partial charge in [-0.05, 0) is 60.7 Å². The Balaban J connectivity index is 1.59. The number of carbonyl (C=O) groups is 2. The Bertz CT molecular complexity index is 828. The lowest BCUT2D eigenvalue weighted by atomic mass is 10.0. The van der Waals surface area contributed by atoms with Gasteiger partial charge in [-0.15, -0.1) is 0 Å². The summed E-state index contributed by atoms with van der Waals surface area (Å²) in [5.74, 6) is 1.09. The van der Waals surface area contributed by atoms with Crippen molar-refractivity contribution in [2.45, 2.75) is 39.5 Å². The van der Waals surface area contributed by atoms with E-state index >= 15 is 0 Å². The van der Waals surface area contributed by atoms with E-state index in [1.54, 1.807) is 4.90 Å². The number of hydrogen-bond donors (Lipinski definition) is 1. The van der Waals surface area contributed by atoms with Crippen molar-refractivity contribution in [2.75, 3.05) is 23.4 Å². The molecular weight excluding hydrogens is 340 g/mol. The van der Waals surface area contributed by atoms with Gasteiger partial charge in [0.2, 0.25) is 5.91 Å². The van der Waals surface area contributed by atoms with Crippen molar-refractivity contribution in [1.29, 1.82) is 0 Å². The number of benzene rings is 2.